The molecule has 0 radical (unpaired) electrons. The highest BCUT2D eigenvalue weighted by molar-refractivity contribution is 7.23. The van der Waals surface area contributed by atoms with Gasteiger partial charge in [0.05, 0.1) is 29.6 Å². The molecule has 0 aliphatic carbocycles. The van der Waals surface area contributed by atoms with Crippen LogP contribution in [0.25, 0.3) is 33.4 Å². The van der Waals surface area contributed by atoms with Crippen LogP contribution >= 0.6 is 0 Å². The molecule has 0 saturated carbocycles. The number of hydrogen-bond acceptors (Lipinski definition) is 5. The second-order valence-corrected chi connectivity index (χ2v) is 26.8. The Morgan fingerprint density at radius 3 is 1.90 bits per heavy atom. The van der Waals surface area contributed by atoms with E-state index in [9.17, 15) is 5.48 Å². The Kier molecular flexibility index (Phi) is 10.1. The summed E-state index contributed by atoms with van der Waals surface area (Å²) in [5.74, 6) is 1.58. The average molecular weight is 1040 g/mol. The van der Waals surface area contributed by atoms with Gasteiger partial charge in [0.2, 0.25) is 0 Å². The number of ether oxygens (including phenoxy) is 1. The quantitative estimate of drug-likeness (QED) is 0.127. The normalized spacial score (nSPS) is 16.7. The van der Waals surface area contributed by atoms with Gasteiger partial charge in [0.1, 0.15) is 24.0 Å². The fourth-order valence-corrected chi connectivity index (χ4v) is 17.7. The minimum absolute atomic E-state index is 0.138. The van der Waals surface area contributed by atoms with Crippen molar-refractivity contribution in [2.75, 3.05) is 21.4 Å². The lowest BCUT2D eigenvalue weighted by Crippen LogP contribution is -2.75. The summed E-state index contributed by atoms with van der Waals surface area (Å²) in [6, 6.07) is 63.7. The van der Waals surface area contributed by atoms with Crippen molar-refractivity contribution in [1.29, 1.82) is 0 Å². The van der Waals surface area contributed by atoms with Crippen LogP contribution in [0.3, 0.4) is 0 Å². The minimum atomic E-state index is -3.00. The molecule has 0 amide bonds. The van der Waals surface area contributed by atoms with E-state index in [0.29, 0.717) is 35.1 Å². The predicted molar refractivity (Wildman–Crippen MR) is 330 cm³/mol. The van der Waals surface area contributed by atoms with E-state index in [0.717, 1.165) is 67.5 Å². The second kappa shape index (κ2) is 18.9. The standard InChI is InChI=1S/C72H66N4OSi/c1-48(2)39-49-37-38-73-68(40-49)76-64-34-18-20-36-67(64)78(57-27-13-10-14-28-57)66-35-19-15-29-60(66)61-45-56(46-65(76)70(61)78)77-55-26-21-25-54(44-55)74-47-75(63-33-17-16-32-62(63)74)69-58(50-23-11-9-12-24-50)30-22-31-59(69)51-41-52(71(3,4)5)43-53(42-51)72(6,7)8/h9-38,40-46,48H,39,47H2,1-8H3/i9D,11D,12D,23D,24D,39D2. The van der Waals surface area contributed by atoms with Crippen molar-refractivity contribution in [1.82, 2.24) is 4.98 Å². The van der Waals surface area contributed by atoms with Crippen molar-refractivity contribution < 1.29 is 14.3 Å². The maximum atomic E-state index is 9.35. The van der Waals surface area contributed by atoms with E-state index in [2.05, 4.69) is 196 Å². The van der Waals surface area contributed by atoms with Gasteiger partial charge >= 0.3 is 0 Å². The average Bonchev–Trinajstić information content (AvgIpc) is 1.59. The summed E-state index contributed by atoms with van der Waals surface area (Å²) in [5.41, 5.74) is 12.6. The molecule has 1 unspecified atom stereocenters. The molecule has 0 fully saturated rings. The summed E-state index contributed by atoms with van der Waals surface area (Å²) in [7, 11) is -3.00. The highest BCUT2D eigenvalue weighted by Gasteiger charge is 2.55. The Hall–Kier alpha value is -8.45. The smallest absolute Gasteiger partial charge is 0.185 e. The third-order valence-electron chi connectivity index (χ3n) is 15.7. The fraction of sp³-hybridized carbons (Fsp3) is 0.181. The Bertz CT molecular complexity index is 4280. The van der Waals surface area contributed by atoms with Crippen molar-refractivity contribution in [2.45, 2.75) is 72.6 Å². The number of para-hydroxylation sites is 4. The second-order valence-electron chi connectivity index (χ2n) is 23.2. The molecule has 0 N–H and O–H groups in total. The van der Waals surface area contributed by atoms with E-state index in [1.54, 1.807) is 12.3 Å². The Morgan fingerprint density at radius 1 is 0.551 bits per heavy atom. The van der Waals surface area contributed by atoms with Crippen molar-refractivity contribution in [2.24, 2.45) is 5.92 Å². The van der Waals surface area contributed by atoms with E-state index in [-0.39, 0.29) is 46.5 Å². The molecule has 1 aromatic heterocycles. The lowest BCUT2D eigenvalue weighted by Gasteiger charge is -2.43. The highest BCUT2D eigenvalue weighted by Crippen LogP contribution is 2.52. The van der Waals surface area contributed by atoms with Crippen LogP contribution in [0.4, 0.5) is 39.9 Å². The zero-order chi connectivity index (χ0) is 59.6. The largest absolute Gasteiger partial charge is 0.457 e. The van der Waals surface area contributed by atoms with Crippen LogP contribution < -0.4 is 40.2 Å². The van der Waals surface area contributed by atoms with Gasteiger partial charge in [-0.05, 0) is 131 Å². The number of hydrogen-bond donors (Lipinski definition) is 0. The molecular weight excluding hydrogens is 965 g/mol. The first-order valence-electron chi connectivity index (χ1n) is 30.6. The van der Waals surface area contributed by atoms with Crippen LogP contribution in [-0.4, -0.2) is 19.7 Å². The van der Waals surface area contributed by atoms with Crippen LogP contribution in [0.15, 0.2) is 224 Å². The monoisotopic (exact) mass is 1040 g/mol. The molecule has 3 aliphatic heterocycles. The SMILES string of the molecule is [2H]c1c([2H])c([2H])c(-c2cccc(-c3cc(C(C)(C)C)cc(C(C)(C)C)c3)c2N2CN(c3cccc(Oc4cc5c6c(c4)N(c4cc(C([2H])([2H])C(C)C)ccn4)c4ccccc4[Si]6(c4ccccc4)c4ccccc4-5)c3)c3ccccc32)c([2H])c1[2H]. The fourth-order valence-electron chi connectivity index (χ4n) is 12.2. The lowest BCUT2D eigenvalue weighted by molar-refractivity contribution is 0.483. The molecule has 1 atom stereocenters. The Labute approximate surface area is 472 Å². The maximum Gasteiger partial charge on any atom is 0.185 e. The summed E-state index contributed by atoms with van der Waals surface area (Å²) in [6.07, 6.45) is 0.117. The molecule has 3 aliphatic rings. The molecule has 4 heterocycles. The number of nitrogens with zero attached hydrogens (tertiary/aromatic N) is 4. The molecule has 10 aromatic rings. The summed E-state index contributed by atoms with van der Waals surface area (Å²) in [5, 5.41) is 5.03. The van der Waals surface area contributed by atoms with E-state index < -0.39 is 20.5 Å². The van der Waals surface area contributed by atoms with Gasteiger partial charge in [-0.2, -0.15) is 0 Å². The van der Waals surface area contributed by atoms with Gasteiger partial charge in [-0.15, -0.1) is 0 Å². The zero-order valence-electron chi connectivity index (χ0n) is 52.5. The van der Waals surface area contributed by atoms with Gasteiger partial charge in [-0.1, -0.05) is 213 Å². The number of pyridine rings is 1. The minimum Gasteiger partial charge on any atom is -0.457 e. The molecule has 0 saturated heterocycles. The first-order chi connectivity index (χ1) is 40.6. The Balaban J connectivity index is 0.968. The highest BCUT2D eigenvalue weighted by atomic mass is 28.3. The van der Waals surface area contributed by atoms with Crippen LogP contribution in [0, 0.1) is 5.92 Å². The summed E-state index contributed by atoms with van der Waals surface area (Å²) in [4.78, 5) is 11.7. The lowest BCUT2D eigenvalue weighted by atomic mass is 9.78. The number of rotatable bonds is 10. The van der Waals surface area contributed by atoms with Gasteiger partial charge in [-0.25, -0.2) is 4.98 Å². The van der Waals surface area contributed by atoms with Crippen molar-refractivity contribution in [3.63, 3.8) is 0 Å². The van der Waals surface area contributed by atoms with Crippen molar-refractivity contribution >= 4 is 68.8 Å². The van der Waals surface area contributed by atoms with E-state index >= 15 is 0 Å². The van der Waals surface area contributed by atoms with Crippen LogP contribution in [0.1, 0.15) is 81.7 Å². The van der Waals surface area contributed by atoms with Gasteiger partial charge in [-0.3, -0.25) is 4.90 Å². The van der Waals surface area contributed by atoms with Gasteiger partial charge < -0.3 is 14.5 Å². The van der Waals surface area contributed by atoms with Gasteiger partial charge in [0, 0.05) is 43.6 Å². The molecule has 6 heteroatoms. The van der Waals surface area contributed by atoms with Crippen LogP contribution in [0.5, 0.6) is 11.5 Å². The van der Waals surface area contributed by atoms with Gasteiger partial charge in [0.15, 0.2) is 8.07 Å². The number of benzene rings is 9. The van der Waals surface area contributed by atoms with E-state index in [1.165, 1.54) is 20.7 Å². The summed E-state index contributed by atoms with van der Waals surface area (Å²) >= 11 is 0. The Morgan fingerprint density at radius 2 is 1.18 bits per heavy atom. The van der Waals surface area contributed by atoms with E-state index in [1.807, 2.05) is 56.3 Å². The number of fused-ring (bicyclic) bond motifs is 6. The number of anilines is 7. The van der Waals surface area contributed by atoms with Crippen LogP contribution in [0.2, 0.25) is 0 Å². The van der Waals surface area contributed by atoms with Gasteiger partial charge in [0.25, 0.3) is 0 Å². The topological polar surface area (TPSA) is 31.8 Å². The van der Waals surface area contributed by atoms with Crippen molar-refractivity contribution in [3.8, 4) is 44.9 Å². The molecule has 5 nitrogen and oxygen atoms in total. The predicted octanol–water partition coefficient (Wildman–Crippen LogP) is 16.4. The van der Waals surface area contributed by atoms with Crippen molar-refractivity contribution in [3.05, 3.63) is 241 Å². The third-order valence-corrected chi connectivity index (χ3v) is 20.6. The molecule has 0 spiro atoms. The molecule has 9 aromatic carbocycles. The molecule has 384 valence electrons. The first-order valence-corrected chi connectivity index (χ1v) is 29.1. The first kappa shape index (κ1) is 41.7. The number of aromatic nitrogens is 1. The molecule has 13 rings (SSSR count). The maximum absolute atomic E-state index is 9.35. The molecule has 0 bridgehead atoms. The van der Waals surface area contributed by atoms with E-state index in [4.69, 9.17) is 13.8 Å². The molecule has 78 heavy (non-hydrogen) atoms. The summed E-state index contributed by atoms with van der Waals surface area (Å²) in [6.45, 7) is 17.4. The summed E-state index contributed by atoms with van der Waals surface area (Å²) < 4.78 is 70.6. The van der Waals surface area contributed by atoms with Crippen LogP contribution in [-0.2, 0) is 17.2 Å². The third kappa shape index (κ3) is 8.24. The molecular formula is C72H66N4OSi. The zero-order valence-corrected chi connectivity index (χ0v) is 46.5.